The Bertz CT molecular complexity index is 359. The molecule has 15 heavy (non-hydrogen) atoms. The number of rotatable bonds is 6. The molecule has 0 heterocycles. The molecule has 0 saturated carbocycles. The molecule has 0 saturated heterocycles. The number of hydrogen-bond acceptors (Lipinski definition) is 0. The minimum atomic E-state index is 0.848. The molecule has 78 valence electrons. The zero-order valence-electron chi connectivity index (χ0n) is 9.42. The van der Waals surface area contributed by atoms with Gasteiger partial charge in [-0.1, -0.05) is 57.2 Å². The summed E-state index contributed by atoms with van der Waals surface area (Å²) in [5.41, 5.74) is 3.88. The molecule has 0 aliphatic rings. The van der Waals surface area contributed by atoms with Crippen molar-refractivity contribution in [2.75, 3.05) is 0 Å². The van der Waals surface area contributed by atoms with Crippen LogP contribution in [0.5, 0.6) is 0 Å². The molecule has 0 rings (SSSR count). The van der Waals surface area contributed by atoms with Gasteiger partial charge in [-0.2, -0.15) is 0 Å². The predicted octanol–water partition coefficient (Wildman–Crippen LogP) is 4.53. The quantitative estimate of drug-likeness (QED) is 0.550. The molecule has 0 nitrogen and oxygen atoms in total. The van der Waals surface area contributed by atoms with E-state index in [9.17, 15) is 0 Å². The van der Waals surface area contributed by atoms with Crippen molar-refractivity contribution in [1.29, 1.82) is 0 Å². The van der Waals surface area contributed by atoms with Crippen LogP contribution in [0.25, 0.3) is 0 Å². The fraction of sp³-hybridized carbons (Fsp3) is 0.0667. The van der Waals surface area contributed by atoms with Gasteiger partial charge < -0.3 is 0 Å². The second-order valence-electron chi connectivity index (χ2n) is 3.08. The van der Waals surface area contributed by atoms with Gasteiger partial charge in [-0.15, -0.1) is 0 Å². The van der Waals surface area contributed by atoms with Crippen molar-refractivity contribution in [3.8, 4) is 0 Å². The van der Waals surface area contributed by atoms with E-state index in [-0.39, 0.29) is 0 Å². The third-order valence-electron chi connectivity index (χ3n) is 2.13. The highest BCUT2D eigenvalue weighted by Crippen LogP contribution is 2.16. The van der Waals surface area contributed by atoms with E-state index in [0.717, 1.165) is 22.3 Å². The predicted molar refractivity (Wildman–Crippen MR) is 70.7 cm³/mol. The molecular formula is C15H18. The summed E-state index contributed by atoms with van der Waals surface area (Å²) < 4.78 is 0. The smallest absolute Gasteiger partial charge is 0.0190 e. The van der Waals surface area contributed by atoms with Gasteiger partial charge in [-0.3, -0.25) is 0 Å². The summed E-state index contributed by atoms with van der Waals surface area (Å²) in [5.74, 6) is 0. The van der Waals surface area contributed by atoms with Crippen LogP contribution in [0.3, 0.4) is 0 Å². The maximum absolute atomic E-state index is 3.88. The van der Waals surface area contributed by atoms with Gasteiger partial charge in [0.25, 0.3) is 0 Å². The first-order valence-electron chi connectivity index (χ1n) is 4.72. The molecule has 0 unspecified atom stereocenters. The third kappa shape index (κ3) is 3.82. The minimum Gasteiger partial charge on any atom is -0.0988 e. The largest absolute Gasteiger partial charge is 0.0988 e. The first kappa shape index (κ1) is 13.2. The number of allylic oxidation sites excluding steroid dienone is 9. The van der Waals surface area contributed by atoms with E-state index in [1.807, 2.05) is 13.0 Å². The van der Waals surface area contributed by atoms with E-state index >= 15 is 0 Å². The molecule has 0 amide bonds. The van der Waals surface area contributed by atoms with Gasteiger partial charge >= 0.3 is 0 Å². The topological polar surface area (TPSA) is 0 Å². The van der Waals surface area contributed by atoms with E-state index in [1.165, 1.54) is 0 Å². The zero-order chi connectivity index (χ0) is 11.8. The SMILES string of the molecule is C=CC(=C)/C(C=C)=C\C(C=C)=C(/C)C=C. The van der Waals surface area contributed by atoms with Crippen molar-refractivity contribution in [2.24, 2.45) is 0 Å². The van der Waals surface area contributed by atoms with Crippen LogP contribution in [-0.4, -0.2) is 0 Å². The summed E-state index contributed by atoms with van der Waals surface area (Å²) in [6.07, 6.45) is 9.02. The van der Waals surface area contributed by atoms with Gasteiger partial charge in [-0.05, 0) is 35.3 Å². The average Bonchev–Trinajstić information content (AvgIpc) is 2.28. The maximum Gasteiger partial charge on any atom is -0.0190 e. The Morgan fingerprint density at radius 2 is 1.47 bits per heavy atom. The van der Waals surface area contributed by atoms with E-state index < -0.39 is 0 Å². The highest BCUT2D eigenvalue weighted by atomic mass is 14.0. The van der Waals surface area contributed by atoms with Gasteiger partial charge in [0.1, 0.15) is 0 Å². The van der Waals surface area contributed by atoms with Gasteiger partial charge in [0, 0.05) is 0 Å². The molecular weight excluding hydrogens is 180 g/mol. The zero-order valence-corrected chi connectivity index (χ0v) is 9.42. The Hall–Kier alpha value is -1.82. The van der Waals surface area contributed by atoms with Gasteiger partial charge in [0.05, 0.1) is 0 Å². The van der Waals surface area contributed by atoms with E-state index in [2.05, 4.69) is 32.9 Å². The Kier molecular flexibility index (Phi) is 5.81. The van der Waals surface area contributed by atoms with Crippen molar-refractivity contribution in [3.05, 3.63) is 85.6 Å². The maximum atomic E-state index is 3.88. The Balaban J connectivity index is 5.39. The molecule has 0 radical (unpaired) electrons. The van der Waals surface area contributed by atoms with Crippen LogP contribution in [0.4, 0.5) is 0 Å². The Labute approximate surface area is 93.0 Å². The van der Waals surface area contributed by atoms with Gasteiger partial charge in [-0.25, -0.2) is 0 Å². The normalized spacial score (nSPS) is 12.5. The molecule has 0 aromatic rings. The fourth-order valence-corrected chi connectivity index (χ4v) is 1.02. The van der Waals surface area contributed by atoms with Crippen LogP contribution >= 0.6 is 0 Å². The lowest BCUT2D eigenvalue weighted by atomic mass is 10.0. The van der Waals surface area contributed by atoms with Crippen molar-refractivity contribution >= 4 is 0 Å². The summed E-state index contributed by atoms with van der Waals surface area (Å²) in [6.45, 7) is 20.8. The molecule has 0 aromatic heterocycles. The second-order valence-corrected chi connectivity index (χ2v) is 3.08. The van der Waals surface area contributed by atoms with Gasteiger partial charge in [0.15, 0.2) is 0 Å². The highest BCUT2D eigenvalue weighted by molar-refractivity contribution is 5.51. The number of hydrogen-bond donors (Lipinski definition) is 0. The Morgan fingerprint density at radius 1 is 0.867 bits per heavy atom. The van der Waals surface area contributed by atoms with Gasteiger partial charge in [0.2, 0.25) is 0 Å². The van der Waals surface area contributed by atoms with Crippen LogP contribution in [0.15, 0.2) is 85.6 Å². The summed E-state index contributed by atoms with van der Waals surface area (Å²) in [5, 5.41) is 0. The molecule has 0 fully saturated rings. The van der Waals surface area contributed by atoms with Crippen molar-refractivity contribution < 1.29 is 0 Å². The van der Waals surface area contributed by atoms with Crippen LogP contribution < -0.4 is 0 Å². The molecule has 0 aliphatic heterocycles. The lowest BCUT2D eigenvalue weighted by Crippen LogP contribution is -1.84. The minimum absolute atomic E-state index is 0.848. The van der Waals surface area contributed by atoms with E-state index in [4.69, 9.17) is 0 Å². The summed E-state index contributed by atoms with van der Waals surface area (Å²) in [7, 11) is 0. The Morgan fingerprint density at radius 3 is 1.80 bits per heavy atom. The summed E-state index contributed by atoms with van der Waals surface area (Å²) in [6, 6.07) is 0. The first-order chi connectivity index (χ1) is 7.10. The molecule has 0 bridgehead atoms. The summed E-state index contributed by atoms with van der Waals surface area (Å²) in [4.78, 5) is 0. The van der Waals surface area contributed by atoms with Crippen LogP contribution in [-0.2, 0) is 0 Å². The van der Waals surface area contributed by atoms with E-state index in [1.54, 1.807) is 24.3 Å². The highest BCUT2D eigenvalue weighted by Gasteiger charge is 1.97. The molecule has 0 spiro atoms. The third-order valence-corrected chi connectivity index (χ3v) is 2.13. The van der Waals surface area contributed by atoms with Crippen LogP contribution in [0.1, 0.15) is 6.92 Å². The van der Waals surface area contributed by atoms with Crippen molar-refractivity contribution in [2.45, 2.75) is 6.92 Å². The van der Waals surface area contributed by atoms with Crippen LogP contribution in [0.2, 0.25) is 0 Å². The van der Waals surface area contributed by atoms with Crippen molar-refractivity contribution in [1.82, 2.24) is 0 Å². The average molecular weight is 198 g/mol. The standard InChI is InChI=1S/C15H18/c1-7-12(5)14(9-3)11-15(10-4)13(6)8-2/h7-11H,1-5H2,6H3/b14-11-,15-13+. The molecule has 0 aromatic carbocycles. The van der Waals surface area contributed by atoms with Crippen LogP contribution in [0, 0.1) is 0 Å². The fourth-order valence-electron chi connectivity index (χ4n) is 1.02. The second kappa shape index (κ2) is 6.61. The molecule has 0 heteroatoms. The molecule has 0 N–H and O–H groups in total. The first-order valence-corrected chi connectivity index (χ1v) is 4.72. The lowest BCUT2D eigenvalue weighted by molar-refractivity contribution is 1.43. The lowest BCUT2D eigenvalue weighted by Gasteiger charge is -2.04. The molecule has 0 aliphatic carbocycles. The summed E-state index contributed by atoms with van der Waals surface area (Å²) >= 11 is 0. The van der Waals surface area contributed by atoms with Crippen molar-refractivity contribution in [3.63, 3.8) is 0 Å². The van der Waals surface area contributed by atoms with E-state index in [0.29, 0.717) is 0 Å². The molecule has 0 atom stereocenters. The monoisotopic (exact) mass is 198 g/mol.